The smallest absolute Gasteiger partial charge is 0.295 e. The monoisotopic (exact) mass is 402 g/mol. The molecular formula is C22H42O6. The number of carbonyl (C=O) groups excluding carboxylic acids is 2. The van der Waals surface area contributed by atoms with Crippen LogP contribution >= 0.6 is 0 Å². The molecule has 28 heavy (non-hydrogen) atoms. The predicted molar refractivity (Wildman–Crippen MR) is 109 cm³/mol. The van der Waals surface area contributed by atoms with Gasteiger partial charge in [0.15, 0.2) is 0 Å². The van der Waals surface area contributed by atoms with Crippen molar-refractivity contribution in [3.63, 3.8) is 0 Å². The Labute approximate surface area is 171 Å². The number of hydrogen-bond donors (Lipinski definition) is 0. The van der Waals surface area contributed by atoms with Crippen molar-refractivity contribution < 1.29 is 29.1 Å². The van der Waals surface area contributed by atoms with Gasteiger partial charge in [0.1, 0.15) is 0 Å². The van der Waals surface area contributed by atoms with Crippen LogP contribution in [0.2, 0.25) is 0 Å². The van der Waals surface area contributed by atoms with Crippen molar-refractivity contribution in [2.75, 3.05) is 0 Å². The molecular weight excluding hydrogens is 360 g/mol. The highest BCUT2D eigenvalue weighted by Gasteiger charge is 2.25. The lowest BCUT2D eigenvalue weighted by Gasteiger charge is -2.19. The minimum absolute atomic E-state index is 0.188. The van der Waals surface area contributed by atoms with E-state index in [-0.39, 0.29) is 11.8 Å². The Balaban J connectivity index is 4.63. The molecule has 0 aliphatic heterocycles. The maximum absolute atomic E-state index is 12.2. The molecule has 0 saturated heterocycles. The van der Waals surface area contributed by atoms with E-state index >= 15 is 0 Å². The van der Waals surface area contributed by atoms with Gasteiger partial charge in [0.25, 0.3) is 0 Å². The third-order valence-electron chi connectivity index (χ3n) is 4.92. The van der Waals surface area contributed by atoms with Gasteiger partial charge in [-0.3, -0.25) is 9.78 Å². The minimum atomic E-state index is -0.914. The molecule has 0 N–H and O–H groups in total. The Hall–Kier alpha value is -1.14. The van der Waals surface area contributed by atoms with Gasteiger partial charge in [-0.2, -0.15) is 0 Å². The minimum Gasteiger partial charge on any atom is -0.295 e. The average molecular weight is 403 g/mol. The molecule has 0 spiro atoms. The highest BCUT2D eigenvalue weighted by molar-refractivity contribution is 5.72. The number of unbranched alkanes of at least 4 members (excludes halogenated alkanes) is 2. The molecule has 0 aliphatic rings. The van der Waals surface area contributed by atoms with Gasteiger partial charge in [0.05, 0.1) is 11.8 Å². The summed E-state index contributed by atoms with van der Waals surface area (Å²) in [6.45, 7) is 12.2. The summed E-state index contributed by atoms with van der Waals surface area (Å²) in [6.07, 6.45) is 7.28. The van der Waals surface area contributed by atoms with Crippen LogP contribution in [0.4, 0.5) is 0 Å². The van der Waals surface area contributed by atoms with E-state index in [1.165, 1.54) is 0 Å². The molecule has 0 aromatic carbocycles. The van der Waals surface area contributed by atoms with E-state index in [9.17, 15) is 9.59 Å². The first kappa shape index (κ1) is 26.9. The predicted octanol–water partition coefficient (Wildman–Crippen LogP) is 6.13. The standard InChI is InChI=1S/C22H42O6/c1-7-11-13-18(9-3)21(23)27-25-20(16-15-17(5)6)26-28-22(24)19(10-4)14-12-8-2/h17-20H,7-16H2,1-6H3. The Bertz CT molecular complexity index is 378. The van der Waals surface area contributed by atoms with Gasteiger partial charge in [-0.05, 0) is 38.0 Å². The van der Waals surface area contributed by atoms with Crippen molar-refractivity contribution in [3.05, 3.63) is 0 Å². The second-order valence-electron chi connectivity index (χ2n) is 7.89. The fourth-order valence-corrected chi connectivity index (χ4v) is 2.80. The van der Waals surface area contributed by atoms with Crippen molar-refractivity contribution in [2.45, 2.75) is 112 Å². The second-order valence-corrected chi connectivity index (χ2v) is 7.89. The van der Waals surface area contributed by atoms with E-state index in [1.54, 1.807) is 0 Å². The molecule has 0 aromatic rings. The Morgan fingerprint density at radius 3 is 1.43 bits per heavy atom. The topological polar surface area (TPSA) is 71.1 Å². The zero-order valence-electron chi connectivity index (χ0n) is 18.8. The summed E-state index contributed by atoms with van der Waals surface area (Å²) < 4.78 is 0. The third kappa shape index (κ3) is 12.3. The summed E-state index contributed by atoms with van der Waals surface area (Å²) in [5.41, 5.74) is 0. The van der Waals surface area contributed by atoms with Crippen LogP contribution in [0.1, 0.15) is 106 Å². The molecule has 6 nitrogen and oxygen atoms in total. The molecule has 0 bridgehead atoms. The molecule has 0 amide bonds. The van der Waals surface area contributed by atoms with Gasteiger partial charge in [-0.15, -0.1) is 9.78 Å². The number of carbonyl (C=O) groups is 2. The number of rotatable bonds is 17. The maximum atomic E-state index is 12.2. The molecule has 166 valence electrons. The number of hydrogen-bond acceptors (Lipinski definition) is 6. The van der Waals surface area contributed by atoms with Gasteiger partial charge in [-0.1, -0.05) is 67.2 Å². The first-order valence-corrected chi connectivity index (χ1v) is 11.1. The largest absolute Gasteiger partial charge is 0.345 e. The fraction of sp³-hybridized carbons (Fsp3) is 0.909. The van der Waals surface area contributed by atoms with Crippen molar-refractivity contribution in [1.82, 2.24) is 0 Å². The highest BCUT2D eigenvalue weighted by atomic mass is 17.3. The molecule has 2 unspecified atom stereocenters. The summed E-state index contributed by atoms with van der Waals surface area (Å²) in [6, 6.07) is 0. The molecule has 0 fully saturated rings. The Morgan fingerprint density at radius 1 is 0.679 bits per heavy atom. The second kappa shape index (κ2) is 16.8. The lowest BCUT2D eigenvalue weighted by molar-refractivity contribution is -0.433. The van der Waals surface area contributed by atoms with E-state index in [1.807, 2.05) is 13.8 Å². The van der Waals surface area contributed by atoms with Gasteiger partial charge < -0.3 is 0 Å². The van der Waals surface area contributed by atoms with E-state index in [0.29, 0.717) is 25.2 Å². The Kier molecular flexibility index (Phi) is 16.1. The molecule has 6 heteroatoms. The summed E-state index contributed by atoms with van der Waals surface area (Å²) >= 11 is 0. The van der Waals surface area contributed by atoms with Crippen LogP contribution in [-0.2, 0) is 29.1 Å². The maximum Gasteiger partial charge on any atom is 0.345 e. The van der Waals surface area contributed by atoms with E-state index < -0.39 is 18.2 Å². The lowest BCUT2D eigenvalue weighted by atomic mass is 10.00. The van der Waals surface area contributed by atoms with Crippen molar-refractivity contribution in [3.8, 4) is 0 Å². The molecule has 0 rings (SSSR count). The first-order chi connectivity index (χ1) is 13.4. The molecule has 0 heterocycles. The van der Waals surface area contributed by atoms with Crippen LogP contribution in [-0.4, -0.2) is 18.2 Å². The summed E-state index contributed by atoms with van der Waals surface area (Å²) in [5, 5.41) is 0. The van der Waals surface area contributed by atoms with Crippen molar-refractivity contribution in [2.24, 2.45) is 17.8 Å². The van der Waals surface area contributed by atoms with E-state index in [2.05, 4.69) is 27.7 Å². The van der Waals surface area contributed by atoms with Gasteiger partial charge >= 0.3 is 11.9 Å². The summed E-state index contributed by atoms with van der Waals surface area (Å²) in [4.78, 5) is 44.9. The van der Waals surface area contributed by atoms with Crippen LogP contribution in [0.15, 0.2) is 0 Å². The molecule has 0 aromatic heterocycles. The fourth-order valence-electron chi connectivity index (χ4n) is 2.80. The van der Waals surface area contributed by atoms with Gasteiger partial charge in [0, 0.05) is 6.42 Å². The zero-order valence-corrected chi connectivity index (χ0v) is 18.8. The summed E-state index contributed by atoms with van der Waals surface area (Å²) in [7, 11) is 0. The van der Waals surface area contributed by atoms with Crippen LogP contribution in [0.5, 0.6) is 0 Å². The average Bonchev–Trinajstić information content (AvgIpc) is 2.68. The normalized spacial score (nSPS) is 14.5. The SMILES string of the molecule is CCCCC(CC)C(=O)OOC(CCC(C)C)OOC(=O)C(CC)CCCC. The van der Waals surface area contributed by atoms with Crippen LogP contribution in [0.3, 0.4) is 0 Å². The first-order valence-electron chi connectivity index (χ1n) is 11.1. The molecule has 2 atom stereocenters. The van der Waals surface area contributed by atoms with Crippen LogP contribution in [0, 0.1) is 17.8 Å². The van der Waals surface area contributed by atoms with Crippen molar-refractivity contribution >= 4 is 11.9 Å². The molecule has 0 saturated carbocycles. The van der Waals surface area contributed by atoms with E-state index in [4.69, 9.17) is 19.6 Å². The quantitative estimate of drug-likeness (QED) is 0.165. The highest BCUT2D eigenvalue weighted by Crippen LogP contribution is 2.19. The van der Waals surface area contributed by atoms with Crippen LogP contribution in [0.25, 0.3) is 0 Å². The van der Waals surface area contributed by atoms with Gasteiger partial charge in [0.2, 0.25) is 6.29 Å². The van der Waals surface area contributed by atoms with Crippen LogP contribution < -0.4 is 0 Å². The van der Waals surface area contributed by atoms with E-state index in [0.717, 1.165) is 44.9 Å². The molecule has 0 radical (unpaired) electrons. The lowest BCUT2D eigenvalue weighted by Crippen LogP contribution is -2.27. The summed E-state index contributed by atoms with van der Waals surface area (Å²) in [5.74, 6) is -0.745. The third-order valence-corrected chi connectivity index (χ3v) is 4.92. The van der Waals surface area contributed by atoms with Crippen molar-refractivity contribution in [1.29, 1.82) is 0 Å². The van der Waals surface area contributed by atoms with Gasteiger partial charge in [-0.25, -0.2) is 9.59 Å². The Morgan fingerprint density at radius 2 is 1.11 bits per heavy atom. The molecule has 0 aliphatic carbocycles. The zero-order chi connectivity index (χ0) is 21.4.